The minimum atomic E-state index is -0.884. The zero-order chi connectivity index (χ0) is 25.7. The van der Waals surface area contributed by atoms with Gasteiger partial charge in [-0.1, -0.05) is 30.3 Å². The molecule has 0 spiro atoms. The molecule has 0 saturated carbocycles. The Kier molecular flexibility index (Phi) is 8.01. The van der Waals surface area contributed by atoms with Crippen LogP contribution in [-0.2, 0) is 25.7 Å². The van der Waals surface area contributed by atoms with Crippen LogP contribution >= 0.6 is 0 Å². The van der Waals surface area contributed by atoms with E-state index in [4.69, 9.17) is 9.47 Å². The highest BCUT2D eigenvalue weighted by molar-refractivity contribution is 5.90. The molecule has 10 nitrogen and oxygen atoms in total. The van der Waals surface area contributed by atoms with Crippen molar-refractivity contribution in [2.24, 2.45) is 0 Å². The Hall–Kier alpha value is -3.70. The lowest BCUT2D eigenvalue weighted by molar-refractivity contribution is -0.127. The van der Waals surface area contributed by atoms with E-state index in [9.17, 15) is 19.5 Å². The average molecular weight is 501 g/mol. The van der Waals surface area contributed by atoms with Gasteiger partial charge in [-0.25, -0.2) is 9.18 Å². The number of aliphatic hydroxyl groups excluding tert-OH is 1. The normalized spacial score (nSPS) is 21.4. The number of anilines is 2. The standard InChI is InChI=1S/C25H29FN4O6/c1-16(31)27-10-19-11-30(25(34)36-19)18-7-8-22(20(26)9-18)29-12-21(23(32)13-29)28-24(33)15-35-14-17-5-3-2-4-6-17/h2-9,19,21,23,32H,10-15H2,1H3,(H,27,31)(H,28,33). The molecule has 2 saturated heterocycles. The largest absolute Gasteiger partial charge is 0.442 e. The predicted octanol–water partition coefficient (Wildman–Crippen LogP) is 1.17. The number of cyclic esters (lactones) is 1. The maximum absolute atomic E-state index is 15.0. The third kappa shape index (κ3) is 6.29. The van der Waals surface area contributed by atoms with E-state index in [1.54, 1.807) is 11.0 Å². The number of aliphatic hydroxyl groups is 1. The second-order valence-corrected chi connectivity index (χ2v) is 8.81. The number of nitrogens with one attached hydrogen (secondary N) is 2. The Labute approximate surface area is 208 Å². The van der Waals surface area contributed by atoms with Crippen molar-refractivity contribution in [2.75, 3.05) is 42.6 Å². The lowest BCUT2D eigenvalue weighted by Crippen LogP contribution is -2.44. The number of amides is 3. The minimum absolute atomic E-state index is 0.136. The van der Waals surface area contributed by atoms with Crippen LogP contribution in [0.5, 0.6) is 0 Å². The van der Waals surface area contributed by atoms with Gasteiger partial charge >= 0.3 is 6.09 Å². The fourth-order valence-corrected chi connectivity index (χ4v) is 4.23. The van der Waals surface area contributed by atoms with Crippen molar-refractivity contribution in [3.05, 3.63) is 59.9 Å². The highest BCUT2D eigenvalue weighted by Gasteiger charge is 2.35. The van der Waals surface area contributed by atoms with Gasteiger partial charge in [-0.05, 0) is 23.8 Å². The number of benzene rings is 2. The Bertz CT molecular complexity index is 1100. The van der Waals surface area contributed by atoms with Crippen molar-refractivity contribution < 1.29 is 33.4 Å². The molecular weight excluding hydrogens is 471 g/mol. The molecule has 2 heterocycles. The van der Waals surface area contributed by atoms with Gasteiger partial charge in [0.05, 0.1) is 43.2 Å². The van der Waals surface area contributed by atoms with Crippen LogP contribution in [0, 0.1) is 5.82 Å². The number of hydrogen-bond acceptors (Lipinski definition) is 7. The summed E-state index contributed by atoms with van der Waals surface area (Å²) in [4.78, 5) is 38.5. The fourth-order valence-electron chi connectivity index (χ4n) is 4.23. The highest BCUT2D eigenvalue weighted by atomic mass is 19.1. The summed E-state index contributed by atoms with van der Waals surface area (Å²) in [5.41, 5.74) is 1.52. The molecule has 3 amide bonds. The summed E-state index contributed by atoms with van der Waals surface area (Å²) >= 11 is 0. The van der Waals surface area contributed by atoms with Gasteiger partial charge in [0.15, 0.2) is 0 Å². The molecule has 2 aliphatic rings. The van der Waals surface area contributed by atoms with E-state index < -0.39 is 30.2 Å². The zero-order valence-corrected chi connectivity index (χ0v) is 19.9. The number of hydrogen-bond donors (Lipinski definition) is 3. The van der Waals surface area contributed by atoms with Crippen LogP contribution in [0.4, 0.5) is 20.6 Å². The van der Waals surface area contributed by atoms with Gasteiger partial charge in [0.25, 0.3) is 0 Å². The molecule has 192 valence electrons. The Morgan fingerprint density at radius 2 is 1.94 bits per heavy atom. The Balaban J connectivity index is 1.30. The van der Waals surface area contributed by atoms with Gasteiger partial charge in [-0.3, -0.25) is 14.5 Å². The number of carbonyl (C=O) groups excluding carboxylic acids is 3. The monoisotopic (exact) mass is 500 g/mol. The molecular formula is C25H29FN4O6. The van der Waals surface area contributed by atoms with E-state index in [0.29, 0.717) is 12.3 Å². The number of halogens is 1. The summed E-state index contributed by atoms with van der Waals surface area (Å²) in [5, 5.41) is 15.8. The number of ether oxygens (including phenoxy) is 2. The van der Waals surface area contributed by atoms with Crippen LogP contribution in [0.1, 0.15) is 12.5 Å². The molecule has 2 aliphatic heterocycles. The molecule has 36 heavy (non-hydrogen) atoms. The van der Waals surface area contributed by atoms with E-state index in [1.807, 2.05) is 30.3 Å². The van der Waals surface area contributed by atoms with Crippen LogP contribution in [-0.4, -0.2) is 74.0 Å². The van der Waals surface area contributed by atoms with Crippen LogP contribution in [0.15, 0.2) is 48.5 Å². The van der Waals surface area contributed by atoms with Crippen LogP contribution in [0.25, 0.3) is 0 Å². The summed E-state index contributed by atoms with van der Waals surface area (Å²) in [5.74, 6) is -1.17. The molecule has 2 fully saturated rings. The van der Waals surface area contributed by atoms with Crippen LogP contribution < -0.4 is 20.4 Å². The van der Waals surface area contributed by atoms with Crippen molar-refractivity contribution in [3.63, 3.8) is 0 Å². The van der Waals surface area contributed by atoms with Crippen molar-refractivity contribution in [3.8, 4) is 0 Å². The summed E-state index contributed by atoms with van der Waals surface area (Å²) in [6.45, 7) is 2.21. The predicted molar refractivity (Wildman–Crippen MR) is 129 cm³/mol. The quantitative estimate of drug-likeness (QED) is 0.473. The van der Waals surface area contributed by atoms with Crippen molar-refractivity contribution in [1.82, 2.24) is 10.6 Å². The molecule has 3 N–H and O–H groups in total. The first-order valence-corrected chi connectivity index (χ1v) is 11.7. The summed E-state index contributed by atoms with van der Waals surface area (Å²) in [6.07, 6.45) is -2.03. The van der Waals surface area contributed by atoms with Crippen LogP contribution in [0.3, 0.4) is 0 Å². The molecule has 0 aromatic heterocycles. The third-order valence-corrected chi connectivity index (χ3v) is 6.02. The van der Waals surface area contributed by atoms with E-state index >= 15 is 4.39 Å². The fraction of sp³-hybridized carbons (Fsp3) is 0.400. The first-order chi connectivity index (χ1) is 17.3. The SMILES string of the molecule is CC(=O)NCC1CN(c2ccc(N3CC(O)C(NC(=O)COCc4ccccc4)C3)c(F)c2)C(=O)O1. The van der Waals surface area contributed by atoms with Crippen molar-refractivity contribution in [1.29, 1.82) is 0 Å². The lowest BCUT2D eigenvalue weighted by atomic mass is 10.2. The van der Waals surface area contributed by atoms with Gasteiger partial charge in [-0.2, -0.15) is 0 Å². The van der Waals surface area contributed by atoms with Crippen molar-refractivity contribution >= 4 is 29.3 Å². The van der Waals surface area contributed by atoms with Crippen molar-refractivity contribution in [2.45, 2.75) is 31.8 Å². The maximum Gasteiger partial charge on any atom is 0.414 e. The van der Waals surface area contributed by atoms with Crippen LogP contribution in [0.2, 0.25) is 0 Å². The molecule has 3 atom stereocenters. The lowest BCUT2D eigenvalue weighted by Gasteiger charge is -2.21. The highest BCUT2D eigenvalue weighted by Crippen LogP contribution is 2.30. The van der Waals surface area contributed by atoms with E-state index in [0.717, 1.165) is 5.56 Å². The molecule has 4 rings (SSSR count). The summed E-state index contributed by atoms with van der Waals surface area (Å²) in [6, 6.07) is 13.2. The first kappa shape index (κ1) is 25.4. The molecule has 2 aromatic carbocycles. The number of rotatable bonds is 9. The van der Waals surface area contributed by atoms with Gasteiger partial charge in [0, 0.05) is 20.0 Å². The average Bonchev–Trinajstić information content (AvgIpc) is 3.40. The van der Waals surface area contributed by atoms with Gasteiger partial charge < -0.3 is 30.1 Å². The Morgan fingerprint density at radius 1 is 1.17 bits per heavy atom. The maximum atomic E-state index is 15.0. The topological polar surface area (TPSA) is 120 Å². The molecule has 11 heteroatoms. The smallest absolute Gasteiger partial charge is 0.414 e. The summed E-state index contributed by atoms with van der Waals surface area (Å²) < 4.78 is 25.7. The van der Waals surface area contributed by atoms with E-state index in [-0.39, 0.29) is 50.3 Å². The second kappa shape index (κ2) is 11.4. The third-order valence-electron chi connectivity index (χ3n) is 6.02. The zero-order valence-electron chi connectivity index (χ0n) is 19.9. The van der Waals surface area contributed by atoms with E-state index in [2.05, 4.69) is 10.6 Å². The molecule has 2 aromatic rings. The molecule has 0 radical (unpaired) electrons. The van der Waals surface area contributed by atoms with E-state index in [1.165, 1.54) is 24.0 Å². The van der Waals surface area contributed by atoms with Gasteiger partial charge in [0.1, 0.15) is 18.5 Å². The molecule has 0 aliphatic carbocycles. The van der Waals surface area contributed by atoms with Gasteiger partial charge in [-0.15, -0.1) is 0 Å². The number of β-amino-alcohol motifs (C(OH)–C–C–N with tert-alkyl or cyclic N) is 1. The number of carbonyl (C=O) groups is 3. The second-order valence-electron chi connectivity index (χ2n) is 8.81. The first-order valence-electron chi connectivity index (χ1n) is 11.7. The number of nitrogens with zero attached hydrogens (tertiary/aromatic N) is 2. The molecule has 3 unspecified atom stereocenters. The minimum Gasteiger partial charge on any atom is -0.442 e. The summed E-state index contributed by atoms with van der Waals surface area (Å²) in [7, 11) is 0. The molecule has 0 bridgehead atoms. The Morgan fingerprint density at radius 3 is 2.67 bits per heavy atom. The van der Waals surface area contributed by atoms with Gasteiger partial charge in [0.2, 0.25) is 11.8 Å².